The van der Waals surface area contributed by atoms with Crippen molar-refractivity contribution in [1.29, 1.82) is 0 Å². The summed E-state index contributed by atoms with van der Waals surface area (Å²) in [4.78, 5) is 11.5. The minimum absolute atomic E-state index is 0.109. The van der Waals surface area contributed by atoms with Crippen molar-refractivity contribution in [2.75, 3.05) is 0 Å². The van der Waals surface area contributed by atoms with Gasteiger partial charge in [-0.15, -0.1) is 21.5 Å². The lowest BCUT2D eigenvalue weighted by molar-refractivity contribution is -0.384. The van der Waals surface area contributed by atoms with Gasteiger partial charge in [0.15, 0.2) is 0 Å². The summed E-state index contributed by atoms with van der Waals surface area (Å²) in [5.41, 5.74) is 1.86. The molecule has 2 aromatic heterocycles. The molecule has 22 heavy (non-hydrogen) atoms. The monoisotopic (exact) mass is 329 g/mol. The van der Waals surface area contributed by atoms with Gasteiger partial charge in [-0.1, -0.05) is 30.0 Å². The summed E-state index contributed by atoms with van der Waals surface area (Å²) in [6, 6.07) is 14.5. The van der Waals surface area contributed by atoms with Crippen LogP contribution in [0.5, 0.6) is 0 Å². The molecule has 7 heteroatoms. The van der Waals surface area contributed by atoms with E-state index >= 15 is 0 Å². The third-order valence-corrected chi connectivity index (χ3v) is 4.81. The van der Waals surface area contributed by atoms with Gasteiger partial charge >= 0.3 is 0 Å². The molecule has 0 saturated carbocycles. The standard InChI is InChI=1S/C15H11N3O2S2/c19-18(20)12-4-1-3-11(9-12)10-22-15-7-6-13(16-17-15)14-5-2-8-21-14/h1-9H,10H2. The number of non-ortho nitro benzene ring substituents is 1. The second-order valence-corrected chi connectivity index (χ2v) is 6.39. The topological polar surface area (TPSA) is 68.9 Å². The maximum atomic E-state index is 10.8. The van der Waals surface area contributed by atoms with Crippen LogP contribution in [-0.4, -0.2) is 15.1 Å². The highest BCUT2D eigenvalue weighted by Crippen LogP contribution is 2.26. The van der Waals surface area contributed by atoms with Crippen molar-refractivity contribution in [3.05, 3.63) is 69.6 Å². The van der Waals surface area contributed by atoms with E-state index < -0.39 is 0 Å². The predicted molar refractivity (Wildman–Crippen MR) is 88.0 cm³/mol. The fourth-order valence-electron chi connectivity index (χ4n) is 1.87. The number of thioether (sulfide) groups is 1. The Morgan fingerprint density at radius 2 is 2.05 bits per heavy atom. The fraction of sp³-hybridized carbons (Fsp3) is 0.0667. The van der Waals surface area contributed by atoms with E-state index in [1.54, 1.807) is 23.5 Å². The average Bonchev–Trinajstić information content (AvgIpc) is 3.08. The zero-order valence-corrected chi connectivity index (χ0v) is 13.0. The molecular formula is C15H11N3O2S2. The van der Waals surface area contributed by atoms with E-state index in [2.05, 4.69) is 10.2 Å². The highest BCUT2D eigenvalue weighted by Gasteiger charge is 2.07. The van der Waals surface area contributed by atoms with Crippen LogP contribution in [0.25, 0.3) is 10.6 Å². The van der Waals surface area contributed by atoms with E-state index in [-0.39, 0.29) is 10.6 Å². The van der Waals surface area contributed by atoms with Crippen LogP contribution in [0.4, 0.5) is 5.69 Å². The third-order valence-electron chi connectivity index (χ3n) is 2.92. The molecular weight excluding hydrogens is 318 g/mol. The van der Waals surface area contributed by atoms with Crippen LogP contribution >= 0.6 is 23.1 Å². The molecule has 1 aromatic carbocycles. The molecule has 0 N–H and O–H groups in total. The van der Waals surface area contributed by atoms with Gasteiger partial charge in [0, 0.05) is 17.9 Å². The summed E-state index contributed by atoms with van der Waals surface area (Å²) in [5, 5.41) is 22.0. The smallest absolute Gasteiger partial charge is 0.258 e. The Bertz CT molecular complexity index is 774. The van der Waals surface area contributed by atoms with Crippen molar-refractivity contribution in [3.8, 4) is 10.6 Å². The Kier molecular flexibility index (Phi) is 4.45. The number of hydrogen-bond acceptors (Lipinski definition) is 6. The number of aromatic nitrogens is 2. The van der Waals surface area contributed by atoms with Crippen LogP contribution in [0.3, 0.4) is 0 Å². The quantitative estimate of drug-likeness (QED) is 0.394. The lowest BCUT2D eigenvalue weighted by Crippen LogP contribution is -1.91. The average molecular weight is 329 g/mol. The SMILES string of the molecule is O=[N+]([O-])c1cccc(CSc2ccc(-c3cccs3)nn2)c1. The van der Waals surface area contributed by atoms with E-state index in [0.717, 1.165) is 21.2 Å². The summed E-state index contributed by atoms with van der Waals surface area (Å²) < 4.78 is 0. The van der Waals surface area contributed by atoms with Crippen LogP contribution < -0.4 is 0 Å². The first-order valence-electron chi connectivity index (χ1n) is 6.46. The maximum Gasteiger partial charge on any atom is 0.269 e. The van der Waals surface area contributed by atoms with Crippen LogP contribution in [-0.2, 0) is 5.75 Å². The lowest BCUT2D eigenvalue weighted by atomic mass is 10.2. The van der Waals surface area contributed by atoms with Crippen LogP contribution in [0.1, 0.15) is 5.56 Å². The van der Waals surface area contributed by atoms with Gasteiger partial charge in [0.2, 0.25) is 0 Å². The minimum Gasteiger partial charge on any atom is -0.258 e. The van der Waals surface area contributed by atoms with E-state index in [1.165, 1.54) is 17.8 Å². The van der Waals surface area contributed by atoms with Gasteiger partial charge in [-0.3, -0.25) is 10.1 Å². The Labute approximate surface area is 135 Å². The molecule has 3 aromatic rings. The molecule has 0 spiro atoms. The van der Waals surface area contributed by atoms with Gasteiger partial charge in [0.05, 0.1) is 9.80 Å². The molecule has 0 aliphatic heterocycles. The summed E-state index contributed by atoms with van der Waals surface area (Å²) in [6.45, 7) is 0. The summed E-state index contributed by atoms with van der Waals surface area (Å²) in [7, 11) is 0. The molecule has 110 valence electrons. The lowest BCUT2D eigenvalue weighted by Gasteiger charge is -2.02. The molecule has 0 bridgehead atoms. The Morgan fingerprint density at radius 3 is 2.73 bits per heavy atom. The number of nitrogens with zero attached hydrogens (tertiary/aromatic N) is 3. The summed E-state index contributed by atoms with van der Waals surface area (Å²) in [5.74, 6) is 0.620. The second-order valence-electron chi connectivity index (χ2n) is 4.45. The van der Waals surface area contributed by atoms with Crippen molar-refractivity contribution in [2.45, 2.75) is 10.8 Å². The molecule has 0 amide bonds. The molecule has 0 aliphatic carbocycles. The number of rotatable bonds is 5. The van der Waals surface area contributed by atoms with Crippen molar-refractivity contribution in [3.63, 3.8) is 0 Å². The molecule has 5 nitrogen and oxygen atoms in total. The number of hydrogen-bond donors (Lipinski definition) is 0. The fourth-order valence-corrected chi connectivity index (χ4v) is 3.32. The van der Waals surface area contributed by atoms with Crippen molar-refractivity contribution < 1.29 is 4.92 Å². The van der Waals surface area contributed by atoms with Gasteiger partial charge in [-0.05, 0) is 29.1 Å². The van der Waals surface area contributed by atoms with Gasteiger partial charge < -0.3 is 0 Å². The first kappa shape index (κ1) is 14.7. The highest BCUT2D eigenvalue weighted by molar-refractivity contribution is 7.98. The third kappa shape index (κ3) is 3.49. The highest BCUT2D eigenvalue weighted by atomic mass is 32.2. The molecule has 0 fully saturated rings. The number of nitro benzene ring substituents is 1. The van der Waals surface area contributed by atoms with Crippen molar-refractivity contribution in [2.24, 2.45) is 0 Å². The summed E-state index contributed by atoms with van der Waals surface area (Å²) in [6.07, 6.45) is 0. The normalized spacial score (nSPS) is 10.5. The molecule has 0 atom stereocenters. The Hall–Kier alpha value is -2.25. The van der Waals surface area contributed by atoms with Crippen LogP contribution in [0.15, 0.2) is 58.9 Å². The first-order chi connectivity index (χ1) is 10.7. The second kappa shape index (κ2) is 6.67. The molecule has 0 saturated heterocycles. The Morgan fingerprint density at radius 1 is 1.14 bits per heavy atom. The molecule has 3 rings (SSSR count). The number of thiophene rings is 1. The van der Waals surface area contributed by atoms with Crippen LogP contribution in [0.2, 0.25) is 0 Å². The zero-order valence-electron chi connectivity index (χ0n) is 11.4. The van der Waals surface area contributed by atoms with Crippen molar-refractivity contribution >= 4 is 28.8 Å². The van der Waals surface area contributed by atoms with E-state index in [4.69, 9.17) is 0 Å². The Balaban J connectivity index is 1.66. The van der Waals surface area contributed by atoms with Gasteiger partial charge in [0.1, 0.15) is 10.7 Å². The maximum absolute atomic E-state index is 10.8. The zero-order chi connectivity index (χ0) is 15.4. The summed E-state index contributed by atoms with van der Waals surface area (Å²) >= 11 is 3.13. The van der Waals surface area contributed by atoms with E-state index in [1.807, 2.05) is 35.7 Å². The number of benzene rings is 1. The van der Waals surface area contributed by atoms with Crippen LogP contribution in [0, 0.1) is 10.1 Å². The van der Waals surface area contributed by atoms with E-state index in [9.17, 15) is 10.1 Å². The first-order valence-corrected chi connectivity index (χ1v) is 8.32. The molecule has 0 radical (unpaired) electrons. The number of nitro groups is 1. The van der Waals surface area contributed by atoms with Gasteiger partial charge in [0.25, 0.3) is 5.69 Å². The van der Waals surface area contributed by atoms with E-state index in [0.29, 0.717) is 5.75 Å². The van der Waals surface area contributed by atoms with Crippen molar-refractivity contribution in [1.82, 2.24) is 10.2 Å². The predicted octanol–water partition coefficient (Wildman–Crippen LogP) is 4.41. The largest absolute Gasteiger partial charge is 0.269 e. The minimum atomic E-state index is -0.385. The van der Waals surface area contributed by atoms with Gasteiger partial charge in [-0.2, -0.15) is 0 Å². The van der Waals surface area contributed by atoms with Gasteiger partial charge in [-0.25, -0.2) is 0 Å². The molecule has 2 heterocycles. The molecule has 0 aliphatic rings. The molecule has 0 unspecified atom stereocenters.